The van der Waals surface area contributed by atoms with Crippen molar-refractivity contribution in [1.29, 1.82) is 0 Å². The third kappa shape index (κ3) is 3.03. The van der Waals surface area contributed by atoms with E-state index in [1.165, 1.54) is 42.8 Å². The molecule has 1 aromatic heterocycles. The summed E-state index contributed by atoms with van der Waals surface area (Å²) in [6, 6.07) is 10.5. The monoisotopic (exact) mass is 283 g/mol. The molecule has 0 radical (unpaired) electrons. The predicted octanol–water partition coefficient (Wildman–Crippen LogP) is 3.64. The highest BCUT2D eigenvalue weighted by Gasteiger charge is 2.22. The first-order chi connectivity index (χ1) is 10.3. The molecule has 3 heteroatoms. The van der Waals surface area contributed by atoms with Crippen molar-refractivity contribution in [2.24, 2.45) is 7.05 Å². The van der Waals surface area contributed by atoms with Crippen LogP contribution in [0.4, 0.5) is 0 Å². The minimum Gasteiger partial charge on any atom is -0.330 e. The number of nitrogens with zero attached hydrogens (tertiary/aromatic N) is 3. The van der Waals surface area contributed by atoms with E-state index in [9.17, 15) is 0 Å². The average molecular weight is 283 g/mol. The van der Waals surface area contributed by atoms with Gasteiger partial charge in [-0.2, -0.15) is 0 Å². The fourth-order valence-electron chi connectivity index (χ4n) is 3.16. The molecule has 0 amide bonds. The van der Waals surface area contributed by atoms with Crippen LogP contribution in [0.1, 0.15) is 37.6 Å². The van der Waals surface area contributed by atoms with E-state index in [1.54, 1.807) is 0 Å². The molecule has 0 saturated heterocycles. The molecule has 2 aromatic rings. The highest BCUT2D eigenvalue weighted by atomic mass is 15.2. The summed E-state index contributed by atoms with van der Waals surface area (Å²) in [7, 11) is 2.16. The third-order valence-electron chi connectivity index (χ3n) is 4.44. The van der Waals surface area contributed by atoms with Gasteiger partial charge in [-0.3, -0.25) is 4.90 Å². The van der Waals surface area contributed by atoms with Crippen molar-refractivity contribution in [2.75, 3.05) is 13.1 Å². The van der Waals surface area contributed by atoms with Crippen LogP contribution in [-0.4, -0.2) is 27.5 Å². The molecule has 1 aliphatic rings. The van der Waals surface area contributed by atoms with Crippen LogP contribution < -0.4 is 0 Å². The zero-order chi connectivity index (χ0) is 14.7. The van der Waals surface area contributed by atoms with Crippen LogP contribution in [0, 0.1) is 0 Å². The molecule has 1 aliphatic heterocycles. The lowest BCUT2D eigenvalue weighted by molar-refractivity contribution is 0.241. The molecule has 0 N–H and O–H groups in total. The lowest BCUT2D eigenvalue weighted by Gasteiger charge is -2.26. The predicted molar refractivity (Wildman–Crippen MR) is 87.2 cm³/mol. The molecule has 0 aliphatic carbocycles. The zero-order valence-electron chi connectivity index (χ0n) is 13.2. The molecule has 0 fully saturated rings. The Kier molecular flexibility index (Phi) is 4.39. The SMILES string of the molecule is CCCCCN1CCc2nc(-c3ccccc3)n(C)c2C1. The van der Waals surface area contributed by atoms with Gasteiger partial charge in [-0.15, -0.1) is 0 Å². The largest absolute Gasteiger partial charge is 0.330 e. The minimum absolute atomic E-state index is 1.05. The van der Waals surface area contributed by atoms with E-state index < -0.39 is 0 Å². The Hall–Kier alpha value is -1.61. The normalized spacial score (nSPS) is 15.1. The van der Waals surface area contributed by atoms with Gasteiger partial charge in [0.1, 0.15) is 5.82 Å². The standard InChI is InChI=1S/C18H25N3/c1-3-4-8-12-21-13-11-16-17(14-21)20(2)18(19-16)15-9-6-5-7-10-15/h5-7,9-10H,3-4,8,11-14H2,1-2H3. The molecule has 112 valence electrons. The molecule has 0 saturated carbocycles. The number of imidazole rings is 1. The number of hydrogen-bond donors (Lipinski definition) is 0. The van der Waals surface area contributed by atoms with E-state index in [-0.39, 0.29) is 0 Å². The summed E-state index contributed by atoms with van der Waals surface area (Å²) in [6.45, 7) is 5.69. The van der Waals surface area contributed by atoms with Gasteiger partial charge < -0.3 is 4.57 Å². The topological polar surface area (TPSA) is 21.1 Å². The summed E-state index contributed by atoms with van der Waals surface area (Å²) in [4.78, 5) is 7.47. The first kappa shape index (κ1) is 14.3. The number of rotatable bonds is 5. The van der Waals surface area contributed by atoms with Gasteiger partial charge >= 0.3 is 0 Å². The zero-order valence-corrected chi connectivity index (χ0v) is 13.2. The van der Waals surface area contributed by atoms with Gasteiger partial charge in [0.15, 0.2) is 0 Å². The molecule has 1 aromatic carbocycles. The van der Waals surface area contributed by atoms with E-state index in [2.05, 4.69) is 53.8 Å². The van der Waals surface area contributed by atoms with Crippen molar-refractivity contribution in [2.45, 2.75) is 39.2 Å². The molecule has 0 atom stereocenters. The Morgan fingerprint density at radius 3 is 2.71 bits per heavy atom. The number of unbranched alkanes of at least 4 members (excludes halogenated alkanes) is 2. The van der Waals surface area contributed by atoms with Crippen LogP contribution >= 0.6 is 0 Å². The molecular formula is C18H25N3. The van der Waals surface area contributed by atoms with Gasteiger partial charge in [0.05, 0.1) is 11.4 Å². The molecule has 0 spiro atoms. The maximum atomic E-state index is 4.89. The summed E-state index contributed by atoms with van der Waals surface area (Å²) in [5.41, 5.74) is 3.91. The number of aromatic nitrogens is 2. The van der Waals surface area contributed by atoms with Crippen LogP contribution in [0.15, 0.2) is 30.3 Å². The Labute approximate surface area is 127 Å². The maximum Gasteiger partial charge on any atom is 0.140 e. The molecular weight excluding hydrogens is 258 g/mol. The van der Waals surface area contributed by atoms with Gasteiger partial charge in [-0.05, 0) is 13.0 Å². The Balaban J connectivity index is 1.78. The van der Waals surface area contributed by atoms with Crippen LogP contribution in [-0.2, 0) is 20.0 Å². The van der Waals surface area contributed by atoms with E-state index in [0.29, 0.717) is 0 Å². The molecule has 21 heavy (non-hydrogen) atoms. The second-order valence-electron chi connectivity index (χ2n) is 5.99. The van der Waals surface area contributed by atoms with Crippen molar-refractivity contribution in [3.63, 3.8) is 0 Å². The van der Waals surface area contributed by atoms with Gasteiger partial charge in [-0.25, -0.2) is 4.98 Å². The summed E-state index contributed by atoms with van der Waals surface area (Å²) in [6.07, 6.45) is 5.03. The first-order valence-electron chi connectivity index (χ1n) is 8.12. The first-order valence-corrected chi connectivity index (χ1v) is 8.12. The van der Waals surface area contributed by atoms with E-state index in [0.717, 1.165) is 25.3 Å². The number of hydrogen-bond acceptors (Lipinski definition) is 2. The number of benzene rings is 1. The van der Waals surface area contributed by atoms with Crippen LogP contribution in [0.25, 0.3) is 11.4 Å². The summed E-state index contributed by atoms with van der Waals surface area (Å²) >= 11 is 0. The van der Waals surface area contributed by atoms with Gasteiger partial charge in [0.25, 0.3) is 0 Å². The lowest BCUT2D eigenvalue weighted by Crippen LogP contribution is -2.32. The number of fused-ring (bicyclic) bond motifs is 1. The Morgan fingerprint density at radius 2 is 1.95 bits per heavy atom. The van der Waals surface area contributed by atoms with E-state index >= 15 is 0 Å². The van der Waals surface area contributed by atoms with Crippen LogP contribution in [0.3, 0.4) is 0 Å². The average Bonchev–Trinajstić information content (AvgIpc) is 2.85. The summed E-state index contributed by atoms with van der Waals surface area (Å²) in [5.74, 6) is 1.11. The highest BCUT2D eigenvalue weighted by molar-refractivity contribution is 5.56. The minimum atomic E-state index is 1.05. The van der Waals surface area contributed by atoms with Crippen LogP contribution in [0.5, 0.6) is 0 Å². The van der Waals surface area contributed by atoms with Crippen molar-refractivity contribution in [1.82, 2.24) is 14.5 Å². The molecule has 3 rings (SSSR count). The lowest BCUT2D eigenvalue weighted by atomic mass is 10.1. The van der Waals surface area contributed by atoms with Gasteiger partial charge in [0, 0.05) is 32.1 Å². The van der Waals surface area contributed by atoms with Gasteiger partial charge in [-0.1, -0.05) is 50.1 Å². The van der Waals surface area contributed by atoms with Crippen LogP contribution in [0.2, 0.25) is 0 Å². The summed E-state index contributed by atoms with van der Waals surface area (Å²) < 4.78 is 2.29. The smallest absolute Gasteiger partial charge is 0.140 e. The van der Waals surface area contributed by atoms with E-state index in [4.69, 9.17) is 4.98 Å². The molecule has 2 heterocycles. The molecule has 3 nitrogen and oxygen atoms in total. The van der Waals surface area contributed by atoms with Crippen molar-refractivity contribution >= 4 is 0 Å². The summed E-state index contributed by atoms with van der Waals surface area (Å²) in [5, 5.41) is 0. The van der Waals surface area contributed by atoms with E-state index in [1.807, 2.05) is 0 Å². The van der Waals surface area contributed by atoms with Crippen molar-refractivity contribution in [3.05, 3.63) is 41.7 Å². The quantitative estimate of drug-likeness (QED) is 0.781. The second kappa shape index (κ2) is 6.44. The fraction of sp³-hybridized carbons (Fsp3) is 0.500. The Morgan fingerprint density at radius 1 is 1.14 bits per heavy atom. The maximum absolute atomic E-state index is 4.89. The molecule has 0 unspecified atom stereocenters. The van der Waals surface area contributed by atoms with Crippen molar-refractivity contribution in [3.8, 4) is 11.4 Å². The Bertz CT molecular complexity index is 586. The third-order valence-corrected chi connectivity index (χ3v) is 4.44. The molecule has 0 bridgehead atoms. The van der Waals surface area contributed by atoms with Gasteiger partial charge in [0.2, 0.25) is 0 Å². The highest BCUT2D eigenvalue weighted by Crippen LogP contribution is 2.25. The fourth-order valence-corrected chi connectivity index (χ4v) is 3.16. The van der Waals surface area contributed by atoms with Crippen molar-refractivity contribution < 1.29 is 0 Å². The second-order valence-corrected chi connectivity index (χ2v) is 5.99.